The molecular formula is C24H32O4. The van der Waals surface area contributed by atoms with Crippen LogP contribution in [0.5, 0.6) is 11.5 Å². The summed E-state index contributed by atoms with van der Waals surface area (Å²) < 4.78 is 11.1. The standard InChI is InChI=1S/C24H32O4/c25-16-18-27-22-10-6-20(7-11-22)24(14-4-2-1-3-5-15-24)21-8-12-23(13-9-21)28-19-17-26/h6-13,25-26H,1-5,14-19H2. The number of benzene rings is 2. The van der Waals surface area contributed by atoms with Crippen LogP contribution in [0.2, 0.25) is 0 Å². The Balaban J connectivity index is 1.90. The highest BCUT2D eigenvalue weighted by atomic mass is 16.5. The van der Waals surface area contributed by atoms with Gasteiger partial charge in [-0.05, 0) is 48.2 Å². The summed E-state index contributed by atoms with van der Waals surface area (Å²) in [5, 5.41) is 17.9. The van der Waals surface area contributed by atoms with Crippen molar-refractivity contribution in [3.8, 4) is 11.5 Å². The highest BCUT2D eigenvalue weighted by Crippen LogP contribution is 2.44. The molecule has 152 valence electrons. The van der Waals surface area contributed by atoms with Gasteiger partial charge in [0.05, 0.1) is 13.2 Å². The first-order valence-electron chi connectivity index (χ1n) is 10.5. The van der Waals surface area contributed by atoms with Crippen molar-refractivity contribution in [1.29, 1.82) is 0 Å². The highest BCUT2D eigenvalue weighted by Gasteiger charge is 2.34. The predicted octanol–water partition coefficient (Wildman–Crippen LogP) is 4.46. The average molecular weight is 385 g/mol. The van der Waals surface area contributed by atoms with Gasteiger partial charge in [-0.25, -0.2) is 0 Å². The Morgan fingerprint density at radius 2 is 1.00 bits per heavy atom. The number of rotatable bonds is 8. The second-order valence-electron chi connectivity index (χ2n) is 7.54. The summed E-state index contributed by atoms with van der Waals surface area (Å²) in [5.41, 5.74) is 2.66. The van der Waals surface area contributed by atoms with Gasteiger partial charge in [0.15, 0.2) is 0 Å². The maximum absolute atomic E-state index is 8.96. The molecule has 1 fully saturated rings. The van der Waals surface area contributed by atoms with Gasteiger partial charge in [0.2, 0.25) is 0 Å². The van der Waals surface area contributed by atoms with Crippen LogP contribution < -0.4 is 9.47 Å². The third kappa shape index (κ3) is 5.06. The van der Waals surface area contributed by atoms with Gasteiger partial charge in [0, 0.05) is 5.41 Å². The van der Waals surface area contributed by atoms with E-state index in [4.69, 9.17) is 19.7 Å². The summed E-state index contributed by atoms with van der Waals surface area (Å²) in [6.45, 7) is 0.687. The molecule has 4 heteroatoms. The number of hydrogen-bond donors (Lipinski definition) is 2. The van der Waals surface area contributed by atoms with Crippen LogP contribution in [-0.2, 0) is 5.41 Å². The van der Waals surface area contributed by atoms with Crippen molar-refractivity contribution in [2.75, 3.05) is 26.4 Å². The molecule has 0 atom stereocenters. The van der Waals surface area contributed by atoms with Crippen molar-refractivity contribution in [2.24, 2.45) is 0 Å². The van der Waals surface area contributed by atoms with Crippen LogP contribution in [-0.4, -0.2) is 36.6 Å². The second kappa shape index (κ2) is 10.5. The SMILES string of the molecule is OCCOc1ccc(C2(c3ccc(OCCO)cc3)CCCCCCC2)cc1. The molecule has 1 saturated carbocycles. The van der Waals surface area contributed by atoms with Crippen LogP contribution >= 0.6 is 0 Å². The largest absolute Gasteiger partial charge is 0.491 e. The average Bonchev–Trinajstić information content (AvgIpc) is 2.72. The van der Waals surface area contributed by atoms with E-state index in [9.17, 15) is 0 Å². The Bertz CT molecular complexity index is 632. The minimum absolute atomic E-state index is 0.00539. The Kier molecular flexibility index (Phi) is 7.75. The van der Waals surface area contributed by atoms with E-state index < -0.39 is 0 Å². The lowest BCUT2D eigenvalue weighted by Gasteiger charge is -2.37. The molecule has 28 heavy (non-hydrogen) atoms. The zero-order valence-electron chi connectivity index (χ0n) is 16.6. The maximum Gasteiger partial charge on any atom is 0.119 e. The van der Waals surface area contributed by atoms with Gasteiger partial charge in [-0.15, -0.1) is 0 Å². The minimum atomic E-state index is 0.00539. The van der Waals surface area contributed by atoms with Crippen LogP contribution in [0.1, 0.15) is 56.1 Å². The number of ether oxygens (including phenoxy) is 2. The highest BCUT2D eigenvalue weighted by molar-refractivity contribution is 5.43. The van der Waals surface area contributed by atoms with E-state index in [0.717, 1.165) is 24.3 Å². The molecule has 3 rings (SSSR count). The monoisotopic (exact) mass is 384 g/mol. The topological polar surface area (TPSA) is 58.9 Å². The van der Waals surface area contributed by atoms with Crippen molar-refractivity contribution in [3.05, 3.63) is 59.7 Å². The Hall–Kier alpha value is -2.04. The summed E-state index contributed by atoms with van der Waals surface area (Å²) in [6.07, 6.45) is 8.64. The summed E-state index contributed by atoms with van der Waals surface area (Å²) in [7, 11) is 0. The van der Waals surface area contributed by atoms with E-state index in [1.165, 1.54) is 43.2 Å². The molecule has 2 aromatic rings. The quantitative estimate of drug-likeness (QED) is 0.705. The molecular weight excluding hydrogens is 352 g/mol. The van der Waals surface area contributed by atoms with Crippen LogP contribution in [0, 0.1) is 0 Å². The van der Waals surface area contributed by atoms with Crippen molar-refractivity contribution in [3.63, 3.8) is 0 Å². The molecule has 1 aliphatic rings. The van der Waals surface area contributed by atoms with Gasteiger partial charge in [-0.1, -0.05) is 56.4 Å². The van der Waals surface area contributed by atoms with Crippen LogP contribution in [0.25, 0.3) is 0 Å². The second-order valence-corrected chi connectivity index (χ2v) is 7.54. The van der Waals surface area contributed by atoms with Gasteiger partial charge in [0.1, 0.15) is 24.7 Å². The Labute approximate surface area is 168 Å². The fourth-order valence-corrected chi connectivity index (χ4v) is 4.32. The lowest BCUT2D eigenvalue weighted by atomic mass is 9.67. The summed E-state index contributed by atoms with van der Waals surface area (Å²) in [5.74, 6) is 1.60. The molecule has 0 aromatic heterocycles. The molecule has 0 aliphatic heterocycles. The third-order valence-corrected chi connectivity index (χ3v) is 5.74. The number of hydrogen-bond acceptors (Lipinski definition) is 4. The summed E-state index contributed by atoms with van der Waals surface area (Å²) in [6, 6.07) is 16.8. The Morgan fingerprint density at radius 3 is 1.39 bits per heavy atom. The van der Waals surface area contributed by atoms with E-state index in [1.54, 1.807) is 0 Å². The van der Waals surface area contributed by atoms with Gasteiger partial charge < -0.3 is 19.7 Å². The molecule has 1 aliphatic carbocycles. The van der Waals surface area contributed by atoms with Gasteiger partial charge in [0.25, 0.3) is 0 Å². The number of aliphatic hydroxyl groups is 2. The first-order valence-corrected chi connectivity index (χ1v) is 10.5. The normalized spacial score (nSPS) is 16.8. The van der Waals surface area contributed by atoms with E-state index in [-0.39, 0.29) is 18.6 Å². The minimum Gasteiger partial charge on any atom is -0.491 e. The van der Waals surface area contributed by atoms with Gasteiger partial charge in [-0.3, -0.25) is 0 Å². The first-order chi connectivity index (χ1) is 13.8. The van der Waals surface area contributed by atoms with Crippen molar-refractivity contribution in [2.45, 2.75) is 50.4 Å². The van der Waals surface area contributed by atoms with Crippen LogP contribution in [0.3, 0.4) is 0 Å². The maximum atomic E-state index is 8.96. The van der Waals surface area contributed by atoms with Crippen molar-refractivity contribution < 1.29 is 19.7 Å². The zero-order chi connectivity index (χ0) is 19.7. The lowest BCUT2D eigenvalue weighted by molar-refractivity contribution is 0.201. The van der Waals surface area contributed by atoms with Crippen LogP contribution in [0.4, 0.5) is 0 Å². The fraction of sp³-hybridized carbons (Fsp3) is 0.500. The molecule has 0 spiro atoms. The van der Waals surface area contributed by atoms with E-state index >= 15 is 0 Å². The van der Waals surface area contributed by atoms with E-state index in [1.807, 2.05) is 24.3 Å². The van der Waals surface area contributed by atoms with Crippen molar-refractivity contribution in [1.82, 2.24) is 0 Å². The smallest absolute Gasteiger partial charge is 0.119 e. The molecule has 0 saturated heterocycles. The third-order valence-electron chi connectivity index (χ3n) is 5.74. The summed E-state index contributed by atoms with van der Waals surface area (Å²) >= 11 is 0. The van der Waals surface area contributed by atoms with Gasteiger partial charge in [-0.2, -0.15) is 0 Å². The Morgan fingerprint density at radius 1 is 0.607 bits per heavy atom. The molecule has 2 aromatic carbocycles. The van der Waals surface area contributed by atoms with E-state index in [2.05, 4.69) is 24.3 Å². The molecule has 0 heterocycles. The molecule has 0 amide bonds. The predicted molar refractivity (Wildman–Crippen MR) is 111 cm³/mol. The van der Waals surface area contributed by atoms with Crippen LogP contribution in [0.15, 0.2) is 48.5 Å². The molecule has 0 unspecified atom stereocenters. The van der Waals surface area contributed by atoms with E-state index in [0.29, 0.717) is 13.2 Å². The number of aliphatic hydroxyl groups excluding tert-OH is 2. The lowest BCUT2D eigenvalue weighted by Crippen LogP contribution is -2.29. The molecule has 0 bridgehead atoms. The van der Waals surface area contributed by atoms with Gasteiger partial charge >= 0.3 is 0 Å². The molecule has 0 radical (unpaired) electrons. The first kappa shape index (κ1) is 20.7. The molecule has 2 N–H and O–H groups in total. The summed E-state index contributed by atoms with van der Waals surface area (Å²) in [4.78, 5) is 0. The fourth-order valence-electron chi connectivity index (χ4n) is 4.32. The van der Waals surface area contributed by atoms with Crippen molar-refractivity contribution >= 4 is 0 Å². The molecule has 4 nitrogen and oxygen atoms in total. The zero-order valence-corrected chi connectivity index (χ0v) is 16.6.